The van der Waals surface area contributed by atoms with Crippen molar-refractivity contribution in [3.05, 3.63) is 40.8 Å². The minimum atomic E-state index is -0.0971. The van der Waals surface area contributed by atoms with Crippen LogP contribution in [0.4, 0.5) is 5.82 Å². The largest absolute Gasteiger partial charge is 0.373 e. The highest BCUT2D eigenvalue weighted by molar-refractivity contribution is 6.33. The SMILES string of the molecule is CCCn1cc(Cl)c(C(=O)N2CCC[C@H]2c2ccnc(NC)c2)n1. The normalized spacial score (nSPS) is 17.3. The van der Waals surface area contributed by atoms with Gasteiger partial charge in [-0.25, -0.2) is 4.98 Å². The van der Waals surface area contributed by atoms with Crippen molar-refractivity contribution in [2.45, 2.75) is 38.8 Å². The number of pyridine rings is 1. The molecule has 1 aliphatic rings. The van der Waals surface area contributed by atoms with E-state index in [2.05, 4.69) is 22.3 Å². The van der Waals surface area contributed by atoms with Crippen molar-refractivity contribution in [1.29, 1.82) is 0 Å². The first kappa shape index (κ1) is 16.8. The molecule has 2 aromatic heterocycles. The fraction of sp³-hybridized carbons (Fsp3) is 0.471. The number of nitrogens with zero attached hydrogens (tertiary/aromatic N) is 4. The van der Waals surface area contributed by atoms with Crippen LogP contribution in [0.2, 0.25) is 5.02 Å². The molecule has 3 rings (SSSR count). The Balaban J connectivity index is 1.85. The predicted octanol–water partition coefficient (Wildman–Crippen LogP) is 3.36. The third-order valence-corrected chi connectivity index (χ3v) is 4.59. The highest BCUT2D eigenvalue weighted by Gasteiger charge is 2.33. The summed E-state index contributed by atoms with van der Waals surface area (Å²) in [5.74, 6) is 0.706. The molecule has 0 aromatic carbocycles. The number of aromatic nitrogens is 3. The molecule has 1 aliphatic heterocycles. The lowest BCUT2D eigenvalue weighted by molar-refractivity contribution is 0.0729. The van der Waals surface area contributed by atoms with E-state index in [1.165, 1.54) is 0 Å². The van der Waals surface area contributed by atoms with Crippen molar-refractivity contribution in [3.8, 4) is 0 Å². The molecule has 1 atom stereocenters. The molecule has 0 unspecified atom stereocenters. The van der Waals surface area contributed by atoms with Gasteiger partial charge in [-0.15, -0.1) is 0 Å². The zero-order valence-electron chi connectivity index (χ0n) is 14.0. The second-order valence-corrected chi connectivity index (χ2v) is 6.38. The average molecular weight is 348 g/mol. The summed E-state index contributed by atoms with van der Waals surface area (Å²) in [4.78, 5) is 19.1. The number of nitrogens with one attached hydrogen (secondary N) is 1. The summed E-state index contributed by atoms with van der Waals surface area (Å²) in [7, 11) is 1.84. The standard InChI is InChI=1S/C17H22ClN5O/c1-3-8-22-11-13(18)16(21-22)17(24)23-9-4-5-14(23)12-6-7-20-15(10-12)19-2/h6-7,10-11,14H,3-5,8-9H2,1-2H3,(H,19,20)/t14-/m0/s1. The Morgan fingerprint density at radius 3 is 3.08 bits per heavy atom. The zero-order valence-corrected chi connectivity index (χ0v) is 14.8. The van der Waals surface area contributed by atoms with E-state index in [1.807, 2.05) is 24.1 Å². The molecule has 0 radical (unpaired) electrons. The number of rotatable bonds is 5. The summed E-state index contributed by atoms with van der Waals surface area (Å²) in [5, 5.41) is 7.84. The zero-order chi connectivity index (χ0) is 17.1. The van der Waals surface area contributed by atoms with Crippen molar-refractivity contribution in [2.75, 3.05) is 18.9 Å². The number of amides is 1. The van der Waals surface area contributed by atoms with Crippen LogP contribution in [-0.2, 0) is 6.54 Å². The molecule has 0 saturated carbocycles. The number of hydrogen-bond acceptors (Lipinski definition) is 4. The maximum absolute atomic E-state index is 13.0. The summed E-state index contributed by atoms with van der Waals surface area (Å²) in [5.41, 5.74) is 1.43. The molecule has 2 aromatic rings. The summed E-state index contributed by atoms with van der Waals surface area (Å²) < 4.78 is 1.74. The number of carbonyl (C=O) groups is 1. The fourth-order valence-electron chi connectivity index (χ4n) is 3.17. The van der Waals surface area contributed by atoms with Crippen LogP contribution in [0, 0.1) is 0 Å². The first-order valence-electron chi connectivity index (χ1n) is 8.31. The van der Waals surface area contributed by atoms with Gasteiger partial charge in [0.2, 0.25) is 0 Å². The van der Waals surface area contributed by atoms with E-state index in [9.17, 15) is 4.79 Å². The van der Waals surface area contributed by atoms with Crippen LogP contribution in [0.15, 0.2) is 24.5 Å². The summed E-state index contributed by atoms with van der Waals surface area (Å²) >= 11 is 6.24. The third kappa shape index (κ3) is 3.24. The van der Waals surface area contributed by atoms with E-state index in [4.69, 9.17) is 11.6 Å². The Hall–Kier alpha value is -2.08. The fourth-order valence-corrected chi connectivity index (χ4v) is 3.40. The van der Waals surface area contributed by atoms with Gasteiger partial charge in [0, 0.05) is 32.5 Å². The topological polar surface area (TPSA) is 63.1 Å². The molecule has 1 amide bonds. The van der Waals surface area contributed by atoms with E-state index < -0.39 is 0 Å². The third-order valence-electron chi connectivity index (χ3n) is 4.31. The van der Waals surface area contributed by atoms with Gasteiger partial charge >= 0.3 is 0 Å². The molecule has 6 nitrogen and oxygen atoms in total. The molecular formula is C17H22ClN5O. The second kappa shape index (κ2) is 7.21. The van der Waals surface area contributed by atoms with Gasteiger partial charge in [0.15, 0.2) is 5.69 Å². The van der Waals surface area contributed by atoms with Crippen molar-refractivity contribution in [2.24, 2.45) is 0 Å². The molecule has 1 N–H and O–H groups in total. The van der Waals surface area contributed by atoms with E-state index >= 15 is 0 Å². The van der Waals surface area contributed by atoms with Gasteiger partial charge in [-0.3, -0.25) is 9.48 Å². The highest BCUT2D eigenvalue weighted by Crippen LogP contribution is 2.34. The van der Waals surface area contributed by atoms with E-state index in [0.29, 0.717) is 10.7 Å². The molecule has 24 heavy (non-hydrogen) atoms. The lowest BCUT2D eigenvalue weighted by Crippen LogP contribution is -2.31. The lowest BCUT2D eigenvalue weighted by atomic mass is 10.1. The predicted molar refractivity (Wildman–Crippen MR) is 94.3 cm³/mol. The first-order chi connectivity index (χ1) is 11.6. The number of aryl methyl sites for hydroxylation is 1. The maximum Gasteiger partial charge on any atom is 0.276 e. The Kier molecular flexibility index (Phi) is 5.04. The van der Waals surface area contributed by atoms with Gasteiger partial charge in [0.1, 0.15) is 5.82 Å². The van der Waals surface area contributed by atoms with Crippen molar-refractivity contribution < 1.29 is 4.79 Å². The van der Waals surface area contributed by atoms with Crippen LogP contribution >= 0.6 is 11.6 Å². The summed E-state index contributed by atoms with van der Waals surface area (Å²) in [6, 6.07) is 4.00. The average Bonchev–Trinajstić information content (AvgIpc) is 3.21. The molecule has 128 valence electrons. The number of carbonyl (C=O) groups excluding carboxylic acids is 1. The van der Waals surface area contributed by atoms with Crippen LogP contribution < -0.4 is 5.32 Å². The molecule has 0 spiro atoms. The van der Waals surface area contributed by atoms with Gasteiger partial charge in [-0.05, 0) is 37.0 Å². The Labute approximate surface area is 146 Å². The quantitative estimate of drug-likeness (QED) is 0.900. The summed E-state index contributed by atoms with van der Waals surface area (Å²) in [6.07, 6.45) is 6.36. The molecule has 7 heteroatoms. The van der Waals surface area contributed by atoms with Gasteiger partial charge in [-0.1, -0.05) is 18.5 Å². The summed E-state index contributed by atoms with van der Waals surface area (Å²) in [6.45, 7) is 3.54. The van der Waals surface area contributed by atoms with Crippen LogP contribution in [-0.4, -0.2) is 39.2 Å². The van der Waals surface area contributed by atoms with Gasteiger partial charge in [0.05, 0.1) is 11.1 Å². The maximum atomic E-state index is 13.0. The Morgan fingerprint density at radius 2 is 2.33 bits per heavy atom. The van der Waals surface area contributed by atoms with E-state index in [-0.39, 0.29) is 11.9 Å². The van der Waals surface area contributed by atoms with E-state index in [0.717, 1.165) is 43.7 Å². The smallest absolute Gasteiger partial charge is 0.276 e. The van der Waals surface area contributed by atoms with Gasteiger partial charge < -0.3 is 10.2 Å². The minimum Gasteiger partial charge on any atom is -0.373 e. The molecular weight excluding hydrogens is 326 g/mol. The Bertz CT molecular complexity index is 730. The lowest BCUT2D eigenvalue weighted by Gasteiger charge is -2.24. The van der Waals surface area contributed by atoms with Gasteiger partial charge in [-0.2, -0.15) is 5.10 Å². The van der Waals surface area contributed by atoms with Crippen LogP contribution in [0.1, 0.15) is 48.3 Å². The van der Waals surface area contributed by atoms with E-state index in [1.54, 1.807) is 17.1 Å². The minimum absolute atomic E-state index is 0.0417. The number of hydrogen-bond donors (Lipinski definition) is 1. The molecule has 1 fully saturated rings. The number of likely N-dealkylation sites (tertiary alicyclic amines) is 1. The van der Waals surface area contributed by atoms with Crippen LogP contribution in [0.5, 0.6) is 0 Å². The van der Waals surface area contributed by atoms with Crippen LogP contribution in [0.3, 0.4) is 0 Å². The highest BCUT2D eigenvalue weighted by atomic mass is 35.5. The van der Waals surface area contributed by atoms with Gasteiger partial charge in [0.25, 0.3) is 5.91 Å². The van der Waals surface area contributed by atoms with Crippen molar-refractivity contribution in [1.82, 2.24) is 19.7 Å². The van der Waals surface area contributed by atoms with Crippen molar-refractivity contribution >= 4 is 23.3 Å². The molecule has 0 bridgehead atoms. The monoisotopic (exact) mass is 347 g/mol. The van der Waals surface area contributed by atoms with Crippen molar-refractivity contribution in [3.63, 3.8) is 0 Å². The number of halogens is 1. The molecule has 3 heterocycles. The van der Waals surface area contributed by atoms with Crippen LogP contribution in [0.25, 0.3) is 0 Å². The Morgan fingerprint density at radius 1 is 1.50 bits per heavy atom. The second-order valence-electron chi connectivity index (χ2n) is 5.97. The first-order valence-corrected chi connectivity index (χ1v) is 8.69. The number of anilines is 1. The molecule has 1 saturated heterocycles. The molecule has 0 aliphatic carbocycles.